The second-order valence-electron chi connectivity index (χ2n) is 12.1. The summed E-state index contributed by atoms with van der Waals surface area (Å²) in [5.74, 6) is -1.62. The summed E-state index contributed by atoms with van der Waals surface area (Å²) in [5.41, 5.74) is -0.688. The lowest BCUT2D eigenvalue weighted by molar-refractivity contribution is -0.118. The van der Waals surface area contributed by atoms with Crippen molar-refractivity contribution in [1.29, 1.82) is 5.26 Å². The number of aromatic amines is 1. The molecule has 0 aliphatic heterocycles. The number of carbonyl (C=O) groups is 1. The van der Waals surface area contributed by atoms with Crippen molar-refractivity contribution in [2.45, 2.75) is 70.0 Å². The van der Waals surface area contributed by atoms with Crippen LogP contribution in [0.15, 0.2) is 23.4 Å². The Kier molecular flexibility index (Phi) is 12.7. The number of anilines is 2. The fraction of sp³-hybridized carbons (Fsp3) is 0.630. The molecule has 1 amide bonds. The Hall–Kier alpha value is -3.31. The standard InChI is InChI=1S/C27H37FN10O9P2S/c1-14(2)25(40)34-27-33-24-22(26(41)35-27)36-37-38(24)18-8-15(11-39)9-19(18)47-49(50,44-7-3-5-29)45-12-16-10-17(21(28)23(16)46-48(42)43)32-20-4-6-30-13-31-20/h4,6,13-19,21,23,39,48H,3,7-12H2,1-2H3,(H,42,43)(H,30,31,32)(H2,33,34,35,40,41)/t15-,16+,17+,18+,19+,21-,23+,49?/m0/s1. The lowest BCUT2D eigenvalue weighted by Crippen LogP contribution is -2.33. The maximum atomic E-state index is 15.6. The largest absolute Gasteiger partial charge is 0.396 e. The zero-order valence-corrected chi connectivity index (χ0v) is 29.6. The first-order valence-corrected chi connectivity index (χ1v) is 19.5. The molecular formula is C27H37FN10O9P2S. The number of nitrogens with one attached hydrogen (secondary N) is 3. The number of amides is 1. The smallest absolute Gasteiger partial charge is 0.327 e. The monoisotopic (exact) mass is 758 g/mol. The number of aliphatic hydroxyl groups excluding tert-OH is 1. The fourth-order valence-corrected chi connectivity index (χ4v) is 8.59. The van der Waals surface area contributed by atoms with Gasteiger partial charge in [0.05, 0.1) is 43.9 Å². The third-order valence-electron chi connectivity index (χ3n) is 8.29. The number of aliphatic hydroxyl groups is 1. The van der Waals surface area contributed by atoms with E-state index in [1.165, 1.54) is 17.2 Å². The van der Waals surface area contributed by atoms with Gasteiger partial charge in [-0.25, -0.2) is 19.0 Å². The highest BCUT2D eigenvalue weighted by atomic mass is 32.5. The molecule has 0 spiro atoms. The van der Waals surface area contributed by atoms with Crippen LogP contribution in [0.25, 0.3) is 11.2 Å². The van der Waals surface area contributed by atoms with Crippen LogP contribution in [0.1, 0.15) is 45.6 Å². The zero-order valence-electron chi connectivity index (χ0n) is 26.9. The first-order valence-electron chi connectivity index (χ1n) is 15.7. The number of alkyl halides is 1. The molecule has 2 saturated carbocycles. The number of carbonyl (C=O) groups excluding carboxylic acids is 1. The molecule has 2 fully saturated rings. The summed E-state index contributed by atoms with van der Waals surface area (Å²) in [6.45, 7) is -1.07. The Labute approximate surface area is 290 Å². The molecule has 2 unspecified atom stereocenters. The summed E-state index contributed by atoms with van der Waals surface area (Å²) >= 11 is 5.78. The van der Waals surface area contributed by atoms with E-state index in [-0.39, 0.29) is 68.0 Å². The van der Waals surface area contributed by atoms with Crippen LogP contribution in [0.5, 0.6) is 0 Å². The molecule has 23 heteroatoms. The molecule has 272 valence electrons. The number of halogens is 1. The van der Waals surface area contributed by atoms with E-state index < -0.39 is 62.8 Å². The number of H-pyrrole nitrogens is 1. The Balaban J connectivity index is 1.39. The van der Waals surface area contributed by atoms with Gasteiger partial charge in [-0.15, -0.1) is 5.10 Å². The van der Waals surface area contributed by atoms with E-state index in [0.717, 1.165) is 0 Å². The summed E-state index contributed by atoms with van der Waals surface area (Å²) in [7, 11) is -3.55. The molecule has 3 aromatic heterocycles. The van der Waals surface area contributed by atoms with E-state index in [4.69, 9.17) is 35.2 Å². The van der Waals surface area contributed by atoms with Crippen LogP contribution >= 0.6 is 15.0 Å². The summed E-state index contributed by atoms with van der Waals surface area (Å²) in [6.07, 6.45) is -0.539. The van der Waals surface area contributed by atoms with Crippen LogP contribution in [0.3, 0.4) is 0 Å². The molecule has 2 aliphatic rings. The van der Waals surface area contributed by atoms with E-state index in [1.807, 2.05) is 6.07 Å². The van der Waals surface area contributed by atoms with Crippen LogP contribution in [-0.2, 0) is 39.3 Å². The van der Waals surface area contributed by atoms with Gasteiger partial charge in [0.25, 0.3) is 5.56 Å². The quantitative estimate of drug-likeness (QED) is 0.103. The molecule has 2 aliphatic carbocycles. The van der Waals surface area contributed by atoms with Gasteiger partial charge in [-0.05, 0) is 43.1 Å². The third-order valence-corrected chi connectivity index (χ3v) is 11.1. The minimum absolute atomic E-state index is 0.0472. The lowest BCUT2D eigenvalue weighted by Gasteiger charge is -2.29. The number of hydrogen-bond donors (Lipinski definition) is 5. The molecular weight excluding hydrogens is 721 g/mol. The fourth-order valence-electron chi connectivity index (χ4n) is 5.86. The van der Waals surface area contributed by atoms with Gasteiger partial charge in [0, 0.05) is 24.6 Å². The molecule has 0 bridgehead atoms. The minimum Gasteiger partial charge on any atom is -0.396 e. The average Bonchev–Trinajstić information content (AvgIpc) is 3.76. The third kappa shape index (κ3) is 9.12. The number of hydrogen-bond acceptors (Lipinski definition) is 16. The van der Waals surface area contributed by atoms with Crippen LogP contribution in [0, 0.1) is 29.1 Å². The highest BCUT2D eigenvalue weighted by molar-refractivity contribution is 8.07. The van der Waals surface area contributed by atoms with Crippen molar-refractivity contribution >= 4 is 55.6 Å². The van der Waals surface area contributed by atoms with Crippen LogP contribution in [0.4, 0.5) is 16.2 Å². The number of nitrogens with zero attached hydrogens (tertiary/aromatic N) is 7. The number of nitriles is 1. The Morgan fingerprint density at radius 1 is 1.34 bits per heavy atom. The predicted octanol–water partition coefficient (Wildman–Crippen LogP) is 2.00. The SMILES string of the molecule is CC(C)C(=O)Nc1nc2c(nnn2[C@@H]2C[C@H](CO)C[C@H]2OP(=S)(OCCC#N)OC[C@H]2C[C@@H](Nc3ccncn3)[C@H](F)[C@@H]2O[PH](=O)O)c(=O)[nH]1. The van der Waals surface area contributed by atoms with Crippen molar-refractivity contribution in [3.63, 3.8) is 0 Å². The van der Waals surface area contributed by atoms with Crippen molar-refractivity contribution < 1.29 is 41.8 Å². The molecule has 3 heterocycles. The molecule has 5 rings (SSSR count). The normalized spacial score (nSPS) is 26.9. The predicted molar refractivity (Wildman–Crippen MR) is 178 cm³/mol. The van der Waals surface area contributed by atoms with Gasteiger partial charge >= 0.3 is 15.0 Å². The van der Waals surface area contributed by atoms with Gasteiger partial charge in [0.15, 0.2) is 11.2 Å². The Morgan fingerprint density at radius 2 is 2.14 bits per heavy atom. The lowest BCUT2D eigenvalue weighted by atomic mass is 10.1. The van der Waals surface area contributed by atoms with Gasteiger partial charge in [-0.2, -0.15) is 10.2 Å². The van der Waals surface area contributed by atoms with E-state index in [0.29, 0.717) is 12.2 Å². The van der Waals surface area contributed by atoms with Gasteiger partial charge < -0.3 is 33.4 Å². The first kappa shape index (κ1) is 37.9. The maximum absolute atomic E-state index is 15.6. The summed E-state index contributed by atoms with van der Waals surface area (Å²) in [6, 6.07) is 1.95. The van der Waals surface area contributed by atoms with Crippen molar-refractivity contribution in [3.05, 3.63) is 28.9 Å². The summed E-state index contributed by atoms with van der Waals surface area (Å²) in [4.78, 5) is 49.4. The van der Waals surface area contributed by atoms with E-state index in [2.05, 4.69) is 40.9 Å². The van der Waals surface area contributed by atoms with Gasteiger partial charge in [-0.1, -0.05) is 19.1 Å². The summed E-state index contributed by atoms with van der Waals surface area (Å²) < 4.78 is 52.0. The molecule has 9 atom stereocenters. The topological polar surface area (TPSA) is 262 Å². The molecule has 50 heavy (non-hydrogen) atoms. The zero-order chi connectivity index (χ0) is 36.0. The molecule has 0 saturated heterocycles. The molecule has 0 aromatic carbocycles. The average molecular weight is 759 g/mol. The first-order chi connectivity index (χ1) is 23.9. The maximum Gasteiger partial charge on any atom is 0.327 e. The highest BCUT2D eigenvalue weighted by Gasteiger charge is 2.47. The van der Waals surface area contributed by atoms with Crippen molar-refractivity contribution in [2.75, 3.05) is 30.5 Å². The Bertz CT molecular complexity index is 1820. The molecule has 5 N–H and O–H groups in total. The van der Waals surface area contributed by atoms with Crippen molar-refractivity contribution in [3.8, 4) is 6.07 Å². The minimum atomic E-state index is -3.76. The highest BCUT2D eigenvalue weighted by Crippen LogP contribution is 2.56. The van der Waals surface area contributed by atoms with Gasteiger partial charge in [-0.3, -0.25) is 24.5 Å². The second kappa shape index (κ2) is 16.8. The number of fused-ring (bicyclic) bond motifs is 1. The molecule has 0 radical (unpaired) electrons. The van der Waals surface area contributed by atoms with Crippen LogP contribution < -0.4 is 16.2 Å². The van der Waals surface area contributed by atoms with Crippen LogP contribution in [0.2, 0.25) is 0 Å². The Morgan fingerprint density at radius 3 is 2.82 bits per heavy atom. The molecule has 3 aromatic rings. The van der Waals surface area contributed by atoms with Crippen molar-refractivity contribution in [1.82, 2.24) is 34.9 Å². The molecule has 19 nitrogen and oxygen atoms in total. The van der Waals surface area contributed by atoms with Crippen LogP contribution in [-0.4, -0.2) is 95.1 Å². The van der Waals surface area contributed by atoms with Gasteiger partial charge in [0.1, 0.15) is 24.4 Å². The number of aromatic nitrogens is 7. The van der Waals surface area contributed by atoms with Crippen molar-refractivity contribution in [2.24, 2.45) is 17.8 Å². The van der Waals surface area contributed by atoms with E-state index in [9.17, 15) is 24.2 Å². The van der Waals surface area contributed by atoms with E-state index >= 15 is 4.39 Å². The summed E-state index contributed by atoms with van der Waals surface area (Å²) in [5, 5.41) is 32.9. The number of rotatable bonds is 16. The second-order valence-corrected chi connectivity index (χ2v) is 15.8. The van der Waals surface area contributed by atoms with E-state index in [1.54, 1.807) is 19.9 Å². The van der Waals surface area contributed by atoms with Gasteiger partial charge in [0.2, 0.25) is 11.9 Å².